The Morgan fingerprint density at radius 3 is 2.36 bits per heavy atom. The molecule has 0 heterocycles. The summed E-state index contributed by atoms with van der Waals surface area (Å²) in [5, 5.41) is 0. The predicted molar refractivity (Wildman–Crippen MR) is 41.8 cm³/mol. The summed E-state index contributed by atoms with van der Waals surface area (Å²) in [7, 11) is -4.14. The Bertz CT molecular complexity index is 227. The van der Waals surface area contributed by atoms with Crippen molar-refractivity contribution < 1.29 is 17.7 Å². The second kappa shape index (κ2) is 3.34. The van der Waals surface area contributed by atoms with Crippen LogP contribution in [-0.4, -0.2) is 24.5 Å². The van der Waals surface area contributed by atoms with E-state index in [1.54, 1.807) is 0 Å². The molecular formula is C6H12O4S. The quantitative estimate of drug-likeness (QED) is 0.513. The third-order valence-corrected chi connectivity index (χ3v) is 2.53. The topological polar surface area (TPSA) is 63.6 Å². The van der Waals surface area contributed by atoms with Gasteiger partial charge in [-0.05, 0) is 13.8 Å². The standard InChI is InChI=1S/C6H12O4S/c1-4-5-10-6(2,3)11(7,8)9/h4H,1,5H2,2-3H3,(H,7,8,9). The smallest absolute Gasteiger partial charge is 0.294 e. The summed E-state index contributed by atoms with van der Waals surface area (Å²) < 4.78 is 34.5. The molecule has 4 nitrogen and oxygen atoms in total. The summed E-state index contributed by atoms with van der Waals surface area (Å²) >= 11 is 0. The van der Waals surface area contributed by atoms with Gasteiger partial charge in [-0.2, -0.15) is 8.42 Å². The molecule has 11 heavy (non-hydrogen) atoms. The second-order valence-electron chi connectivity index (χ2n) is 2.47. The van der Waals surface area contributed by atoms with Crippen LogP contribution < -0.4 is 0 Å². The van der Waals surface area contributed by atoms with E-state index in [1.165, 1.54) is 19.9 Å². The van der Waals surface area contributed by atoms with E-state index in [4.69, 9.17) is 9.29 Å². The first-order valence-electron chi connectivity index (χ1n) is 3.03. The average Bonchev–Trinajstić information content (AvgIpc) is 1.81. The number of hydrogen-bond acceptors (Lipinski definition) is 3. The molecule has 0 atom stereocenters. The van der Waals surface area contributed by atoms with E-state index in [9.17, 15) is 8.42 Å². The van der Waals surface area contributed by atoms with Gasteiger partial charge >= 0.3 is 0 Å². The van der Waals surface area contributed by atoms with Crippen molar-refractivity contribution in [3.8, 4) is 0 Å². The van der Waals surface area contributed by atoms with Gasteiger partial charge in [0.25, 0.3) is 10.1 Å². The van der Waals surface area contributed by atoms with Gasteiger partial charge in [0.15, 0.2) is 4.93 Å². The monoisotopic (exact) mass is 180 g/mol. The molecular weight excluding hydrogens is 168 g/mol. The van der Waals surface area contributed by atoms with Gasteiger partial charge in [-0.3, -0.25) is 4.55 Å². The second-order valence-corrected chi connectivity index (χ2v) is 4.41. The van der Waals surface area contributed by atoms with E-state index in [0.717, 1.165) is 0 Å². The van der Waals surface area contributed by atoms with Crippen molar-refractivity contribution in [2.75, 3.05) is 6.61 Å². The zero-order valence-corrected chi connectivity index (χ0v) is 7.39. The molecule has 66 valence electrons. The normalized spacial score (nSPS) is 13.0. The summed E-state index contributed by atoms with van der Waals surface area (Å²) in [5.41, 5.74) is 0. The highest BCUT2D eigenvalue weighted by Gasteiger charge is 2.32. The minimum absolute atomic E-state index is 0.0901. The summed E-state index contributed by atoms with van der Waals surface area (Å²) in [5.74, 6) is 0. The highest BCUT2D eigenvalue weighted by atomic mass is 32.2. The van der Waals surface area contributed by atoms with Crippen LogP contribution in [0.2, 0.25) is 0 Å². The van der Waals surface area contributed by atoms with E-state index in [2.05, 4.69) is 6.58 Å². The van der Waals surface area contributed by atoms with E-state index in [0.29, 0.717) is 0 Å². The average molecular weight is 180 g/mol. The Balaban J connectivity index is 4.35. The zero-order valence-electron chi connectivity index (χ0n) is 6.57. The summed E-state index contributed by atoms with van der Waals surface area (Å²) in [6.07, 6.45) is 1.41. The molecule has 1 N–H and O–H groups in total. The van der Waals surface area contributed by atoms with Crippen LogP contribution in [0, 0.1) is 0 Å². The van der Waals surface area contributed by atoms with Crippen molar-refractivity contribution in [3.05, 3.63) is 12.7 Å². The largest absolute Gasteiger partial charge is 0.353 e. The number of rotatable bonds is 4. The lowest BCUT2D eigenvalue weighted by atomic mass is 10.4. The molecule has 0 unspecified atom stereocenters. The Morgan fingerprint density at radius 2 is 2.09 bits per heavy atom. The van der Waals surface area contributed by atoms with Crippen molar-refractivity contribution in [2.45, 2.75) is 18.8 Å². The molecule has 0 aliphatic heterocycles. The van der Waals surface area contributed by atoms with Gasteiger partial charge in [0.05, 0.1) is 6.61 Å². The van der Waals surface area contributed by atoms with Crippen molar-refractivity contribution in [1.29, 1.82) is 0 Å². The molecule has 0 radical (unpaired) electrons. The maximum absolute atomic E-state index is 10.6. The molecule has 0 saturated carbocycles. The Labute approximate surface area is 66.6 Å². The van der Waals surface area contributed by atoms with Crippen LogP contribution in [-0.2, 0) is 14.9 Å². The number of ether oxygens (including phenoxy) is 1. The van der Waals surface area contributed by atoms with Gasteiger partial charge in [0.1, 0.15) is 0 Å². The van der Waals surface area contributed by atoms with Crippen molar-refractivity contribution in [1.82, 2.24) is 0 Å². The van der Waals surface area contributed by atoms with Crippen LogP contribution in [0.4, 0.5) is 0 Å². The minimum Gasteiger partial charge on any atom is -0.353 e. The van der Waals surface area contributed by atoms with Gasteiger partial charge < -0.3 is 4.74 Å². The lowest BCUT2D eigenvalue weighted by Crippen LogP contribution is -2.34. The summed E-state index contributed by atoms with van der Waals surface area (Å²) in [6.45, 7) is 5.97. The van der Waals surface area contributed by atoms with E-state index in [-0.39, 0.29) is 6.61 Å². The zero-order chi connectivity index (χ0) is 9.12. The molecule has 0 aliphatic rings. The third-order valence-electron chi connectivity index (χ3n) is 1.17. The first kappa shape index (κ1) is 10.6. The van der Waals surface area contributed by atoms with E-state index < -0.39 is 15.1 Å². The first-order chi connectivity index (χ1) is 4.81. The van der Waals surface area contributed by atoms with Crippen molar-refractivity contribution in [2.24, 2.45) is 0 Å². The van der Waals surface area contributed by atoms with Crippen LogP contribution in [0.5, 0.6) is 0 Å². The van der Waals surface area contributed by atoms with Gasteiger partial charge in [0.2, 0.25) is 0 Å². The van der Waals surface area contributed by atoms with Crippen LogP contribution in [0.1, 0.15) is 13.8 Å². The Morgan fingerprint density at radius 1 is 1.64 bits per heavy atom. The lowest BCUT2D eigenvalue weighted by molar-refractivity contribution is 0.0580. The molecule has 0 amide bonds. The molecule has 0 aromatic carbocycles. The Kier molecular flexibility index (Phi) is 3.22. The van der Waals surface area contributed by atoms with Gasteiger partial charge in [0, 0.05) is 0 Å². The summed E-state index contributed by atoms with van der Waals surface area (Å²) in [6, 6.07) is 0. The minimum atomic E-state index is -4.14. The summed E-state index contributed by atoms with van der Waals surface area (Å²) in [4.78, 5) is -1.55. The van der Waals surface area contributed by atoms with Crippen LogP contribution in [0.25, 0.3) is 0 Å². The van der Waals surface area contributed by atoms with E-state index >= 15 is 0 Å². The van der Waals surface area contributed by atoms with Crippen LogP contribution in [0.3, 0.4) is 0 Å². The molecule has 0 bridgehead atoms. The molecule has 0 spiro atoms. The highest BCUT2D eigenvalue weighted by molar-refractivity contribution is 7.87. The van der Waals surface area contributed by atoms with Crippen LogP contribution >= 0.6 is 0 Å². The third kappa shape index (κ3) is 3.00. The maximum Gasteiger partial charge on any atom is 0.294 e. The maximum atomic E-state index is 10.6. The fourth-order valence-corrected chi connectivity index (χ4v) is 0.551. The molecule has 0 saturated heterocycles. The highest BCUT2D eigenvalue weighted by Crippen LogP contribution is 2.15. The molecule has 0 aromatic rings. The molecule has 0 rings (SSSR count). The predicted octanol–water partition coefficient (Wildman–Crippen LogP) is 0.813. The molecule has 0 fully saturated rings. The molecule has 5 heteroatoms. The van der Waals surface area contributed by atoms with Crippen molar-refractivity contribution >= 4 is 10.1 Å². The van der Waals surface area contributed by atoms with Gasteiger partial charge in [-0.1, -0.05) is 6.08 Å². The fraction of sp³-hybridized carbons (Fsp3) is 0.667. The van der Waals surface area contributed by atoms with E-state index in [1.807, 2.05) is 0 Å². The van der Waals surface area contributed by atoms with Crippen LogP contribution in [0.15, 0.2) is 12.7 Å². The first-order valence-corrected chi connectivity index (χ1v) is 4.47. The van der Waals surface area contributed by atoms with Gasteiger partial charge in [-0.15, -0.1) is 6.58 Å². The molecule has 0 aliphatic carbocycles. The lowest BCUT2D eigenvalue weighted by Gasteiger charge is -2.20. The number of hydrogen-bond donors (Lipinski definition) is 1. The molecule has 0 aromatic heterocycles. The van der Waals surface area contributed by atoms with Crippen molar-refractivity contribution in [3.63, 3.8) is 0 Å². The Hall–Kier alpha value is -0.390. The SMILES string of the molecule is C=CCOC(C)(C)S(=O)(=O)O. The van der Waals surface area contributed by atoms with Gasteiger partial charge in [-0.25, -0.2) is 0 Å². The fourth-order valence-electron chi connectivity index (χ4n) is 0.334.